The number of carbonyl (C=O) groups is 2. The number of esters is 2. The molecule has 1 heterocycles. The van der Waals surface area contributed by atoms with Crippen LogP contribution >= 0.6 is 0 Å². The Labute approximate surface area is 283 Å². The predicted molar refractivity (Wildman–Crippen MR) is 191 cm³/mol. The van der Waals surface area contributed by atoms with Gasteiger partial charge in [-0.1, -0.05) is 168 Å². The Balaban J connectivity index is 2.15. The van der Waals surface area contributed by atoms with Crippen molar-refractivity contribution in [2.75, 3.05) is 0 Å². The van der Waals surface area contributed by atoms with Gasteiger partial charge in [0.25, 0.3) is 0 Å². The lowest BCUT2D eigenvalue weighted by Gasteiger charge is -2.14. The van der Waals surface area contributed by atoms with Gasteiger partial charge in [0.05, 0.1) is 5.69 Å². The van der Waals surface area contributed by atoms with E-state index in [1.54, 1.807) is 13.1 Å². The van der Waals surface area contributed by atoms with Gasteiger partial charge in [0.15, 0.2) is 0 Å². The number of aryl methyl sites for hydroxylation is 1. The van der Waals surface area contributed by atoms with Gasteiger partial charge >= 0.3 is 11.9 Å². The maximum absolute atomic E-state index is 12.4. The second kappa shape index (κ2) is 30.2. The first-order valence-corrected chi connectivity index (χ1v) is 19.5. The lowest BCUT2D eigenvalue weighted by Crippen LogP contribution is -2.10. The number of aromatic nitrogens is 1. The Hall–Kier alpha value is -2.11. The van der Waals surface area contributed by atoms with Crippen molar-refractivity contribution in [3.8, 4) is 5.75 Å². The zero-order valence-electron chi connectivity index (χ0n) is 30.3. The molecule has 0 bridgehead atoms. The van der Waals surface area contributed by atoms with Crippen LogP contribution in [0.3, 0.4) is 0 Å². The molecule has 266 valence electrons. The quantitative estimate of drug-likeness (QED) is 0.0620. The minimum Gasteiger partial charge on any atom is -0.506 e. The van der Waals surface area contributed by atoms with Crippen LogP contribution < -0.4 is 0 Å². The monoisotopic (exact) mass is 646 g/mol. The van der Waals surface area contributed by atoms with E-state index in [4.69, 9.17) is 9.47 Å². The highest BCUT2D eigenvalue weighted by Crippen LogP contribution is 2.26. The highest BCUT2D eigenvalue weighted by Gasteiger charge is 2.16. The van der Waals surface area contributed by atoms with Crippen molar-refractivity contribution < 1.29 is 24.2 Å². The number of hydrogen-bond donors (Lipinski definition) is 1. The number of unbranched alkanes of at least 4 members (excludes halogenated alkanes) is 24. The third kappa shape index (κ3) is 23.2. The fraction of sp³-hybridized carbons (Fsp3) is 0.825. The molecule has 0 atom stereocenters. The third-order valence-corrected chi connectivity index (χ3v) is 9.17. The van der Waals surface area contributed by atoms with Gasteiger partial charge < -0.3 is 14.6 Å². The van der Waals surface area contributed by atoms with Crippen molar-refractivity contribution in [2.24, 2.45) is 0 Å². The Bertz CT molecular complexity index is 887. The summed E-state index contributed by atoms with van der Waals surface area (Å²) in [4.78, 5) is 29.0. The van der Waals surface area contributed by atoms with Crippen LogP contribution in [0.2, 0.25) is 0 Å². The van der Waals surface area contributed by atoms with Gasteiger partial charge in [-0.15, -0.1) is 0 Å². The summed E-state index contributed by atoms with van der Waals surface area (Å²) in [5.41, 5.74) is 1.51. The van der Waals surface area contributed by atoms with E-state index in [0.29, 0.717) is 29.7 Å². The first kappa shape index (κ1) is 41.9. The van der Waals surface area contributed by atoms with Crippen molar-refractivity contribution in [3.63, 3.8) is 0 Å². The van der Waals surface area contributed by atoms with Gasteiger partial charge in [0.2, 0.25) is 0 Å². The molecule has 0 spiro atoms. The van der Waals surface area contributed by atoms with Gasteiger partial charge in [-0.2, -0.15) is 0 Å². The van der Waals surface area contributed by atoms with E-state index in [9.17, 15) is 14.7 Å². The molecule has 46 heavy (non-hydrogen) atoms. The molecule has 0 aliphatic carbocycles. The summed E-state index contributed by atoms with van der Waals surface area (Å²) in [6, 6.07) is 0. The van der Waals surface area contributed by atoms with Crippen LogP contribution in [0, 0.1) is 6.92 Å². The van der Waals surface area contributed by atoms with Gasteiger partial charge in [-0.05, 0) is 19.8 Å². The smallest absolute Gasteiger partial charge is 0.306 e. The van der Waals surface area contributed by atoms with Gasteiger partial charge in [-0.25, -0.2) is 0 Å². The van der Waals surface area contributed by atoms with E-state index >= 15 is 0 Å². The number of carbonyl (C=O) groups excluding carboxylic acids is 2. The molecule has 0 saturated carbocycles. The zero-order valence-corrected chi connectivity index (χ0v) is 30.3. The average molecular weight is 646 g/mol. The first-order valence-electron chi connectivity index (χ1n) is 19.5. The molecule has 0 aromatic carbocycles. The van der Waals surface area contributed by atoms with Crippen LogP contribution in [-0.4, -0.2) is 22.0 Å². The van der Waals surface area contributed by atoms with Crippen LogP contribution in [0.4, 0.5) is 0 Å². The van der Waals surface area contributed by atoms with E-state index in [1.165, 1.54) is 128 Å². The Morgan fingerprint density at radius 3 is 1.24 bits per heavy atom. The normalized spacial score (nSPS) is 11.2. The van der Waals surface area contributed by atoms with Crippen LogP contribution in [0.15, 0.2) is 6.20 Å². The molecule has 1 N–H and O–H groups in total. The largest absolute Gasteiger partial charge is 0.506 e. The summed E-state index contributed by atoms with van der Waals surface area (Å²) in [5.74, 6) is -0.505. The molecule has 1 aromatic rings. The molecule has 0 fully saturated rings. The Morgan fingerprint density at radius 1 is 0.543 bits per heavy atom. The van der Waals surface area contributed by atoms with Crippen molar-refractivity contribution in [3.05, 3.63) is 23.0 Å². The lowest BCUT2D eigenvalue weighted by molar-refractivity contribution is -0.146. The van der Waals surface area contributed by atoms with Crippen molar-refractivity contribution >= 4 is 11.9 Å². The van der Waals surface area contributed by atoms with E-state index in [0.717, 1.165) is 38.5 Å². The van der Waals surface area contributed by atoms with E-state index in [2.05, 4.69) is 18.8 Å². The number of rotatable bonds is 32. The van der Waals surface area contributed by atoms with Crippen LogP contribution in [0.25, 0.3) is 0 Å². The number of aromatic hydroxyl groups is 1. The topological polar surface area (TPSA) is 85.7 Å². The highest BCUT2D eigenvalue weighted by atomic mass is 16.5. The second-order valence-electron chi connectivity index (χ2n) is 13.5. The molecule has 0 aliphatic heterocycles. The molecule has 0 unspecified atom stereocenters. The number of pyridine rings is 1. The highest BCUT2D eigenvalue weighted by molar-refractivity contribution is 5.70. The fourth-order valence-corrected chi connectivity index (χ4v) is 6.00. The molecular weight excluding hydrogens is 574 g/mol. The Morgan fingerprint density at radius 2 is 0.870 bits per heavy atom. The number of hydrogen-bond acceptors (Lipinski definition) is 6. The van der Waals surface area contributed by atoms with E-state index < -0.39 is 0 Å². The summed E-state index contributed by atoms with van der Waals surface area (Å²) in [6.07, 6.45) is 35.2. The minimum atomic E-state index is -0.262. The summed E-state index contributed by atoms with van der Waals surface area (Å²) >= 11 is 0. The van der Waals surface area contributed by atoms with Crippen LogP contribution in [0.5, 0.6) is 5.75 Å². The zero-order chi connectivity index (χ0) is 33.5. The number of ether oxygens (including phenoxy) is 2. The Kier molecular flexibility index (Phi) is 27.6. The summed E-state index contributed by atoms with van der Waals surface area (Å²) in [5, 5.41) is 10.6. The third-order valence-electron chi connectivity index (χ3n) is 9.17. The summed E-state index contributed by atoms with van der Waals surface area (Å²) in [6.45, 7) is 6.20. The molecule has 6 nitrogen and oxygen atoms in total. The van der Waals surface area contributed by atoms with Crippen molar-refractivity contribution in [1.29, 1.82) is 0 Å². The maximum atomic E-state index is 12.4. The molecule has 1 rings (SSSR count). The molecule has 0 amide bonds. The van der Waals surface area contributed by atoms with Gasteiger partial charge in [0, 0.05) is 30.2 Å². The standard InChI is InChI=1S/C40H71NO5/c1-4-6-8-10-12-14-16-18-20-22-24-26-28-30-38(42)45-33-36-32-41-35(3)40(44)37(36)34-46-39(43)31-29-27-25-23-21-19-17-15-13-11-9-7-5-2/h32,44H,4-31,33-34H2,1-3H3. The average Bonchev–Trinajstić information content (AvgIpc) is 3.05. The molecule has 0 aliphatic rings. The lowest BCUT2D eigenvalue weighted by atomic mass is 10.0. The number of nitrogens with zero attached hydrogens (tertiary/aromatic N) is 1. The minimum absolute atomic E-state index is 0.00111. The van der Waals surface area contributed by atoms with E-state index in [1.807, 2.05) is 0 Å². The van der Waals surface area contributed by atoms with Crippen LogP contribution in [0.1, 0.15) is 210 Å². The summed E-state index contributed by atoms with van der Waals surface area (Å²) in [7, 11) is 0. The molecule has 6 heteroatoms. The van der Waals surface area contributed by atoms with E-state index in [-0.39, 0.29) is 30.9 Å². The molecule has 0 radical (unpaired) electrons. The van der Waals surface area contributed by atoms with Gasteiger partial charge in [0.1, 0.15) is 19.0 Å². The van der Waals surface area contributed by atoms with Crippen molar-refractivity contribution in [1.82, 2.24) is 4.98 Å². The second-order valence-corrected chi connectivity index (χ2v) is 13.5. The maximum Gasteiger partial charge on any atom is 0.306 e. The SMILES string of the molecule is CCCCCCCCCCCCCCCC(=O)OCc1cnc(C)c(O)c1COC(=O)CCCCCCCCCCCCCCC. The molecular formula is C40H71NO5. The molecule has 0 saturated heterocycles. The van der Waals surface area contributed by atoms with Gasteiger partial charge in [-0.3, -0.25) is 14.6 Å². The fourth-order valence-electron chi connectivity index (χ4n) is 6.00. The molecule has 1 aromatic heterocycles. The van der Waals surface area contributed by atoms with Crippen molar-refractivity contribution in [2.45, 2.75) is 214 Å². The van der Waals surface area contributed by atoms with Crippen LogP contribution in [-0.2, 0) is 32.3 Å². The summed E-state index contributed by atoms with van der Waals surface area (Å²) < 4.78 is 11.0. The predicted octanol–water partition coefficient (Wildman–Crippen LogP) is 12.1. The first-order chi connectivity index (χ1) is 22.5.